The van der Waals surface area contributed by atoms with Gasteiger partial charge < -0.3 is 15.5 Å². The lowest BCUT2D eigenvalue weighted by Gasteiger charge is -2.30. The average Bonchev–Trinajstić information content (AvgIpc) is 2.61. The monoisotopic (exact) mass is 366 g/mol. The van der Waals surface area contributed by atoms with Crippen LogP contribution in [0.15, 0.2) is 36.7 Å². The second-order valence-electron chi connectivity index (χ2n) is 7.20. The van der Waals surface area contributed by atoms with E-state index in [2.05, 4.69) is 53.2 Å². The van der Waals surface area contributed by atoms with Crippen LogP contribution < -0.4 is 15.5 Å². The van der Waals surface area contributed by atoms with Gasteiger partial charge in [-0.25, -0.2) is 14.8 Å². The van der Waals surface area contributed by atoms with Crippen LogP contribution in [-0.4, -0.2) is 29.1 Å². The predicted molar refractivity (Wildman–Crippen MR) is 108 cm³/mol. The summed E-state index contributed by atoms with van der Waals surface area (Å²) < 4.78 is 0. The summed E-state index contributed by atoms with van der Waals surface area (Å²) in [5, 5.41) is 14.3. The van der Waals surface area contributed by atoms with Crippen molar-refractivity contribution in [2.75, 3.05) is 28.6 Å². The Balaban J connectivity index is 2.15. The minimum Gasteiger partial charge on any atom is -0.369 e. The molecule has 0 radical (unpaired) electrons. The molecule has 1 aromatic carbocycles. The number of benzene rings is 1. The van der Waals surface area contributed by atoms with Gasteiger partial charge >= 0.3 is 6.03 Å². The highest BCUT2D eigenvalue weighted by molar-refractivity contribution is 6.01. The van der Waals surface area contributed by atoms with Crippen LogP contribution in [0.1, 0.15) is 33.5 Å². The van der Waals surface area contributed by atoms with E-state index in [9.17, 15) is 4.79 Å². The molecule has 0 aliphatic carbocycles. The summed E-state index contributed by atoms with van der Waals surface area (Å²) in [6.45, 7) is 10.5. The Morgan fingerprint density at radius 1 is 1.07 bits per heavy atom. The fourth-order valence-corrected chi connectivity index (χ4v) is 2.74. The highest BCUT2D eigenvalue weighted by Gasteiger charge is 2.15. The first-order valence-electron chi connectivity index (χ1n) is 9.03. The molecule has 0 saturated carbocycles. The van der Waals surface area contributed by atoms with Crippen LogP contribution in [0, 0.1) is 23.2 Å². The van der Waals surface area contributed by atoms with E-state index in [4.69, 9.17) is 5.26 Å². The molecule has 0 bridgehead atoms. The lowest BCUT2D eigenvalue weighted by atomic mass is 10.1. The van der Waals surface area contributed by atoms with Crippen LogP contribution in [-0.2, 0) is 0 Å². The minimum atomic E-state index is -0.384. The maximum absolute atomic E-state index is 12.4. The Morgan fingerprint density at radius 3 is 2.22 bits per heavy atom. The summed E-state index contributed by atoms with van der Waals surface area (Å²) in [5.74, 6) is 1.06. The summed E-state index contributed by atoms with van der Waals surface area (Å²) in [4.78, 5) is 22.4. The van der Waals surface area contributed by atoms with Crippen molar-refractivity contribution >= 4 is 23.1 Å². The summed E-state index contributed by atoms with van der Waals surface area (Å²) in [6, 6.07) is 9.23. The Bertz CT molecular complexity index is 785. The van der Waals surface area contributed by atoms with E-state index in [0.717, 1.165) is 24.5 Å². The Labute approximate surface area is 160 Å². The smallest absolute Gasteiger partial charge is 0.323 e. The third-order valence-corrected chi connectivity index (χ3v) is 3.67. The Morgan fingerprint density at radius 2 is 1.67 bits per heavy atom. The number of carbonyl (C=O) groups is 1. The largest absolute Gasteiger partial charge is 0.369 e. The fraction of sp³-hybridized carbons (Fsp3) is 0.400. The first kappa shape index (κ1) is 20.2. The topological polar surface area (TPSA) is 93.9 Å². The zero-order valence-electron chi connectivity index (χ0n) is 16.2. The minimum absolute atomic E-state index is 0.0596. The molecular formula is C20H26N6O. The fourth-order valence-electron chi connectivity index (χ4n) is 2.74. The highest BCUT2D eigenvalue weighted by atomic mass is 16.2. The second-order valence-corrected chi connectivity index (χ2v) is 7.20. The van der Waals surface area contributed by atoms with Crippen LogP contribution in [0.5, 0.6) is 0 Å². The molecule has 1 aromatic heterocycles. The number of amides is 2. The van der Waals surface area contributed by atoms with Gasteiger partial charge in [0.25, 0.3) is 0 Å². The molecule has 0 saturated heterocycles. The summed E-state index contributed by atoms with van der Waals surface area (Å²) in [5.41, 5.74) is 2.15. The van der Waals surface area contributed by atoms with Crippen LogP contribution in [0.4, 0.5) is 21.9 Å². The van der Waals surface area contributed by atoms with Gasteiger partial charge in [0, 0.05) is 13.1 Å². The van der Waals surface area contributed by atoms with E-state index in [1.165, 1.54) is 12.4 Å². The standard InChI is InChI=1S/C20H26N6O/c1-14(2)12-26(13-15(3)4)18-8-6-5-7-17(18)25-20(27)24-16-10-22-19(9-21)23-11-16/h5-8,10-11,14-15H,12-13H2,1-4H3,(H2,24,25,27). The summed E-state index contributed by atoms with van der Waals surface area (Å²) in [7, 11) is 0. The third-order valence-electron chi connectivity index (χ3n) is 3.67. The highest BCUT2D eigenvalue weighted by Crippen LogP contribution is 2.27. The molecule has 27 heavy (non-hydrogen) atoms. The number of para-hydroxylation sites is 2. The lowest BCUT2D eigenvalue weighted by Crippen LogP contribution is -2.32. The van der Waals surface area contributed by atoms with Gasteiger partial charge in [-0.05, 0) is 24.0 Å². The van der Waals surface area contributed by atoms with Gasteiger partial charge in [0.1, 0.15) is 6.07 Å². The first-order chi connectivity index (χ1) is 12.9. The van der Waals surface area contributed by atoms with Crippen molar-refractivity contribution < 1.29 is 4.79 Å². The quantitative estimate of drug-likeness (QED) is 0.769. The van der Waals surface area contributed by atoms with Crippen molar-refractivity contribution in [1.82, 2.24) is 9.97 Å². The lowest BCUT2D eigenvalue weighted by molar-refractivity contribution is 0.262. The van der Waals surface area contributed by atoms with Gasteiger partial charge in [-0.1, -0.05) is 39.8 Å². The van der Waals surface area contributed by atoms with Gasteiger partial charge in [0.05, 0.1) is 29.5 Å². The van der Waals surface area contributed by atoms with E-state index in [1.54, 1.807) is 0 Å². The number of aromatic nitrogens is 2. The molecule has 2 amide bonds. The molecule has 0 atom stereocenters. The van der Waals surface area contributed by atoms with Crippen LogP contribution in [0.2, 0.25) is 0 Å². The van der Waals surface area contributed by atoms with Crippen molar-refractivity contribution in [3.8, 4) is 6.07 Å². The van der Waals surface area contributed by atoms with E-state index < -0.39 is 0 Å². The molecule has 0 aliphatic rings. The molecule has 0 unspecified atom stereocenters. The molecule has 0 aliphatic heterocycles. The molecule has 2 rings (SSSR count). The molecule has 2 N–H and O–H groups in total. The van der Waals surface area contributed by atoms with Crippen LogP contribution in [0.3, 0.4) is 0 Å². The normalized spacial score (nSPS) is 10.6. The van der Waals surface area contributed by atoms with E-state index in [1.807, 2.05) is 30.3 Å². The van der Waals surface area contributed by atoms with Gasteiger partial charge in [0.15, 0.2) is 0 Å². The molecule has 142 valence electrons. The molecule has 7 heteroatoms. The van der Waals surface area contributed by atoms with Gasteiger partial charge in [0.2, 0.25) is 5.82 Å². The zero-order chi connectivity index (χ0) is 19.8. The molecule has 2 aromatic rings. The van der Waals surface area contributed by atoms with Crippen LogP contribution in [0.25, 0.3) is 0 Å². The number of anilines is 3. The molecule has 1 heterocycles. The second kappa shape index (κ2) is 9.53. The average molecular weight is 366 g/mol. The summed E-state index contributed by atoms with van der Waals surface area (Å²) in [6.07, 6.45) is 2.81. The number of rotatable bonds is 7. The number of nitriles is 1. The Kier molecular flexibility index (Phi) is 7.12. The molecule has 0 fully saturated rings. The predicted octanol–water partition coefficient (Wildman–Crippen LogP) is 4.11. The molecule has 0 spiro atoms. The Hall–Kier alpha value is -3.14. The van der Waals surface area contributed by atoms with Crippen molar-refractivity contribution in [1.29, 1.82) is 5.26 Å². The molecule has 7 nitrogen and oxygen atoms in total. The van der Waals surface area contributed by atoms with E-state index in [-0.39, 0.29) is 11.9 Å². The van der Waals surface area contributed by atoms with Crippen molar-refractivity contribution in [2.45, 2.75) is 27.7 Å². The van der Waals surface area contributed by atoms with Crippen molar-refractivity contribution in [3.63, 3.8) is 0 Å². The van der Waals surface area contributed by atoms with Gasteiger partial charge in [-0.3, -0.25) is 0 Å². The third kappa shape index (κ3) is 6.26. The first-order valence-corrected chi connectivity index (χ1v) is 9.03. The number of urea groups is 1. The van der Waals surface area contributed by atoms with Crippen molar-refractivity contribution in [2.24, 2.45) is 11.8 Å². The van der Waals surface area contributed by atoms with Crippen molar-refractivity contribution in [3.05, 3.63) is 42.5 Å². The van der Waals surface area contributed by atoms with Gasteiger partial charge in [-0.2, -0.15) is 5.26 Å². The van der Waals surface area contributed by atoms with Gasteiger partial charge in [-0.15, -0.1) is 0 Å². The SMILES string of the molecule is CC(C)CN(CC(C)C)c1ccccc1NC(=O)Nc1cnc(C#N)nc1. The number of nitrogens with one attached hydrogen (secondary N) is 2. The number of hydrogen-bond donors (Lipinski definition) is 2. The number of carbonyl (C=O) groups excluding carboxylic acids is 1. The maximum Gasteiger partial charge on any atom is 0.323 e. The summed E-state index contributed by atoms with van der Waals surface area (Å²) >= 11 is 0. The molecular weight excluding hydrogens is 340 g/mol. The number of hydrogen-bond acceptors (Lipinski definition) is 5. The van der Waals surface area contributed by atoms with Crippen LogP contribution >= 0.6 is 0 Å². The van der Waals surface area contributed by atoms with E-state index >= 15 is 0 Å². The zero-order valence-corrected chi connectivity index (χ0v) is 16.2. The maximum atomic E-state index is 12.4. The number of nitrogens with zero attached hydrogens (tertiary/aromatic N) is 4. The van der Waals surface area contributed by atoms with E-state index in [0.29, 0.717) is 17.5 Å².